The molecule has 244 valence electrons. The monoisotopic (exact) mass is 647 g/mol. The third-order valence-electron chi connectivity index (χ3n) is 10.8. The fourth-order valence-corrected chi connectivity index (χ4v) is 9.49. The van der Waals surface area contributed by atoms with E-state index >= 15 is 0 Å². The molecular formula is C38H45N7OS. The van der Waals surface area contributed by atoms with Crippen LogP contribution in [0.25, 0.3) is 21.5 Å². The fraction of sp³-hybridized carbons (Fsp3) is 0.474. The Morgan fingerprint density at radius 3 is 2.45 bits per heavy atom. The molecule has 2 N–H and O–H groups in total. The van der Waals surface area contributed by atoms with Gasteiger partial charge in [0.15, 0.2) is 0 Å². The number of nitrogens with zero attached hydrogens (tertiary/aromatic N) is 5. The number of H-pyrrole nitrogens is 1. The summed E-state index contributed by atoms with van der Waals surface area (Å²) in [6, 6.07) is 14.0. The summed E-state index contributed by atoms with van der Waals surface area (Å²) >= 11 is 1.72. The zero-order valence-corrected chi connectivity index (χ0v) is 29.0. The number of aryl methyl sites for hydroxylation is 2. The summed E-state index contributed by atoms with van der Waals surface area (Å²) in [7, 11) is 0. The van der Waals surface area contributed by atoms with Gasteiger partial charge >= 0.3 is 0 Å². The molecule has 3 aromatic heterocycles. The van der Waals surface area contributed by atoms with Gasteiger partial charge in [-0.25, -0.2) is 0 Å². The van der Waals surface area contributed by atoms with Crippen molar-refractivity contribution >= 4 is 33.4 Å². The van der Waals surface area contributed by atoms with Crippen molar-refractivity contribution in [2.75, 3.05) is 19.6 Å². The van der Waals surface area contributed by atoms with Gasteiger partial charge in [0.25, 0.3) is 0 Å². The largest absolute Gasteiger partial charge is 0.355 e. The number of rotatable bonds is 7. The van der Waals surface area contributed by atoms with Crippen molar-refractivity contribution in [2.45, 2.75) is 96.1 Å². The number of aliphatic imine (C=N–C) groups is 1. The molecule has 6 heterocycles. The standard InChI is InChI=1S/C38H45N7OS/c1-23-16-24(2)18-28(17-23)34-33(25(3)20-41-37(42-22-39)44-15-12-27(21-44)26-10-13-40-14-11-26)31-19-32(47-35(31)43-34)38(4,5)36(46)45-29-6-7-30(45)9-8-29/h10-11,13-14,16-19,25,27,29-30,43H,6-9,12,15,20-21H2,1-5H3,(H,41,42)/t25-,27?,29?,30?/m1/s1. The molecule has 1 amide bonds. The van der Waals surface area contributed by atoms with Crippen LogP contribution in [-0.4, -0.2) is 63.4 Å². The Kier molecular flexibility index (Phi) is 8.33. The molecule has 3 aliphatic rings. The van der Waals surface area contributed by atoms with Gasteiger partial charge in [-0.3, -0.25) is 9.78 Å². The van der Waals surface area contributed by atoms with E-state index in [4.69, 9.17) is 0 Å². The van der Waals surface area contributed by atoms with Crippen LogP contribution in [0.2, 0.25) is 0 Å². The minimum absolute atomic E-state index is 0.0951. The number of benzene rings is 1. The van der Waals surface area contributed by atoms with Gasteiger partial charge in [0.2, 0.25) is 18.1 Å². The second kappa shape index (κ2) is 12.5. The summed E-state index contributed by atoms with van der Waals surface area (Å²) in [6.45, 7) is 13.0. The Bertz CT molecular complexity index is 1830. The number of amides is 1. The number of guanidine groups is 1. The summed E-state index contributed by atoms with van der Waals surface area (Å²) in [4.78, 5) is 32.9. The quantitative estimate of drug-likeness (QED) is 0.124. The van der Waals surface area contributed by atoms with Crippen molar-refractivity contribution in [1.29, 1.82) is 5.26 Å². The van der Waals surface area contributed by atoms with Crippen LogP contribution in [-0.2, 0) is 10.2 Å². The van der Waals surface area contributed by atoms with E-state index in [-0.39, 0.29) is 11.8 Å². The molecule has 2 atom stereocenters. The molecule has 3 aliphatic heterocycles. The molecule has 1 aromatic carbocycles. The number of pyridine rings is 1. The van der Waals surface area contributed by atoms with Gasteiger partial charge in [-0.2, -0.15) is 5.26 Å². The van der Waals surface area contributed by atoms with Crippen LogP contribution in [0.15, 0.2) is 53.8 Å². The normalized spacial score (nSPS) is 21.9. The van der Waals surface area contributed by atoms with Crippen LogP contribution in [0.4, 0.5) is 0 Å². The lowest BCUT2D eigenvalue weighted by molar-refractivity contribution is -0.137. The minimum Gasteiger partial charge on any atom is -0.355 e. The van der Waals surface area contributed by atoms with Crippen LogP contribution in [0.3, 0.4) is 0 Å². The van der Waals surface area contributed by atoms with Gasteiger partial charge in [0, 0.05) is 66.2 Å². The third kappa shape index (κ3) is 5.82. The zero-order chi connectivity index (χ0) is 32.9. The number of aromatic amines is 1. The lowest BCUT2D eigenvalue weighted by Gasteiger charge is -2.31. The number of carbonyl (C=O) groups excluding carboxylic acids is 1. The molecule has 1 unspecified atom stereocenters. The molecule has 0 spiro atoms. The second-order valence-corrected chi connectivity index (χ2v) is 15.5. The van der Waals surface area contributed by atoms with E-state index < -0.39 is 5.41 Å². The van der Waals surface area contributed by atoms with Crippen molar-refractivity contribution in [3.8, 4) is 17.5 Å². The summed E-state index contributed by atoms with van der Waals surface area (Å²) in [6.07, 6.45) is 11.3. The zero-order valence-electron chi connectivity index (χ0n) is 28.1. The van der Waals surface area contributed by atoms with E-state index in [2.05, 4.69) is 101 Å². The molecular weight excluding hydrogens is 603 g/mol. The Labute approximate surface area is 281 Å². The van der Waals surface area contributed by atoms with Gasteiger partial charge < -0.3 is 20.1 Å². The van der Waals surface area contributed by atoms with E-state index in [0.717, 1.165) is 60.6 Å². The smallest absolute Gasteiger partial charge is 0.233 e. The van der Waals surface area contributed by atoms with Crippen LogP contribution in [0, 0.1) is 25.3 Å². The maximum Gasteiger partial charge on any atom is 0.233 e. The molecule has 3 saturated heterocycles. The van der Waals surface area contributed by atoms with Crippen molar-refractivity contribution in [3.63, 3.8) is 0 Å². The molecule has 8 nitrogen and oxygen atoms in total. The van der Waals surface area contributed by atoms with Crippen molar-refractivity contribution in [2.24, 2.45) is 4.99 Å². The molecule has 4 aromatic rings. The third-order valence-corrected chi connectivity index (χ3v) is 12.1. The summed E-state index contributed by atoms with van der Waals surface area (Å²) in [5.41, 5.74) is 6.65. The summed E-state index contributed by atoms with van der Waals surface area (Å²) < 4.78 is 0. The van der Waals surface area contributed by atoms with Gasteiger partial charge in [0.05, 0.1) is 11.1 Å². The molecule has 0 radical (unpaired) electrons. The maximum absolute atomic E-state index is 14.1. The fourth-order valence-electron chi connectivity index (χ4n) is 8.31. The Balaban J connectivity index is 1.18. The molecule has 0 aliphatic carbocycles. The average molecular weight is 648 g/mol. The van der Waals surface area contributed by atoms with E-state index in [9.17, 15) is 10.1 Å². The highest BCUT2D eigenvalue weighted by Crippen LogP contribution is 2.46. The van der Waals surface area contributed by atoms with E-state index in [1.807, 2.05) is 18.6 Å². The van der Waals surface area contributed by atoms with Crippen molar-refractivity contribution in [3.05, 3.63) is 75.9 Å². The number of nitrogens with one attached hydrogen (secondary N) is 2. The number of aromatic nitrogens is 2. The van der Waals surface area contributed by atoms with Gasteiger partial charge in [-0.15, -0.1) is 16.3 Å². The first-order valence-electron chi connectivity index (χ1n) is 17.1. The number of hydrogen-bond acceptors (Lipinski definition) is 5. The predicted octanol–water partition coefficient (Wildman–Crippen LogP) is 7.36. The number of hydrogen-bond donors (Lipinski definition) is 2. The molecule has 9 heteroatoms. The highest BCUT2D eigenvalue weighted by Gasteiger charge is 2.47. The molecule has 0 saturated carbocycles. The van der Waals surface area contributed by atoms with Gasteiger partial charge in [-0.1, -0.05) is 24.1 Å². The number of fused-ring (bicyclic) bond motifs is 3. The molecule has 2 bridgehead atoms. The minimum atomic E-state index is -0.595. The predicted molar refractivity (Wildman–Crippen MR) is 190 cm³/mol. The first kappa shape index (κ1) is 31.4. The van der Waals surface area contributed by atoms with Crippen molar-refractivity contribution < 1.29 is 4.79 Å². The average Bonchev–Trinajstić information content (AvgIpc) is 3.89. The number of likely N-dealkylation sites (tertiary alicyclic amines) is 1. The van der Waals surface area contributed by atoms with E-state index in [1.54, 1.807) is 11.3 Å². The SMILES string of the molecule is Cc1cc(C)cc(-c2[nH]c3sc(C(C)(C)C(=O)N4C5CCC4CC5)cc3c2[C@H](C)CN/C(=N/C#N)N2CCC(c3ccncc3)C2)c1. The van der Waals surface area contributed by atoms with Crippen LogP contribution >= 0.6 is 11.3 Å². The Morgan fingerprint density at radius 2 is 1.79 bits per heavy atom. The molecule has 7 rings (SSSR count). The van der Waals surface area contributed by atoms with E-state index in [1.165, 1.54) is 33.2 Å². The first-order chi connectivity index (χ1) is 22.6. The Morgan fingerprint density at radius 1 is 1.11 bits per heavy atom. The van der Waals surface area contributed by atoms with Gasteiger partial charge in [0.1, 0.15) is 4.83 Å². The number of thiophene rings is 1. The lowest BCUT2D eigenvalue weighted by atomic mass is 9.88. The highest BCUT2D eigenvalue weighted by molar-refractivity contribution is 7.19. The number of nitriles is 1. The summed E-state index contributed by atoms with van der Waals surface area (Å²) in [5, 5.41) is 14.4. The summed E-state index contributed by atoms with van der Waals surface area (Å²) in [5.74, 6) is 1.38. The van der Waals surface area contributed by atoms with Crippen LogP contribution in [0.5, 0.6) is 0 Å². The van der Waals surface area contributed by atoms with Crippen molar-refractivity contribution in [1.82, 2.24) is 25.1 Å². The van der Waals surface area contributed by atoms with E-state index in [0.29, 0.717) is 30.5 Å². The lowest BCUT2D eigenvalue weighted by Crippen LogP contribution is -2.45. The maximum atomic E-state index is 14.1. The van der Waals surface area contributed by atoms with Crippen LogP contribution < -0.4 is 5.32 Å². The molecule has 3 fully saturated rings. The molecule has 47 heavy (non-hydrogen) atoms. The van der Waals surface area contributed by atoms with Crippen LogP contribution in [0.1, 0.15) is 91.8 Å². The topological polar surface area (TPSA) is 100 Å². The second-order valence-electron chi connectivity index (χ2n) is 14.5. The first-order valence-corrected chi connectivity index (χ1v) is 17.9. The Hall–Kier alpha value is -4.16. The highest BCUT2D eigenvalue weighted by atomic mass is 32.1. The van der Waals surface area contributed by atoms with Gasteiger partial charge in [-0.05, 0) is 107 Å². The number of carbonyl (C=O) groups is 1.